The van der Waals surface area contributed by atoms with Crippen LogP contribution in [0.1, 0.15) is 5.56 Å². The maximum Gasteiger partial charge on any atom is 0.343 e. The van der Waals surface area contributed by atoms with E-state index in [0.29, 0.717) is 5.75 Å². The van der Waals surface area contributed by atoms with E-state index in [1.54, 1.807) is 6.07 Å². The molecule has 0 heterocycles. The molecule has 5 heteroatoms. The van der Waals surface area contributed by atoms with Gasteiger partial charge in [-0.05, 0) is 12.1 Å². The third-order valence-electron chi connectivity index (χ3n) is 1.67. The van der Waals surface area contributed by atoms with Gasteiger partial charge in [0.1, 0.15) is 17.6 Å². The second-order valence-corrected chi connectivity index (χ2v) is 2.66. The monoisotopic (exact) mass is 207 g/mol. The fraction of sp³-hybridized carbons (Fsp3) is 0.200. The van der Waals surface area contributed by atoms with Gasteiger partial charge in [-0.3, -0.25) is 0 Å². The highest BCUT2D eigenvalue weighted by atomic mass is 16.6. The van der Waals surface area contributed by atoms with E-state index in [-0.39, 0.29) is 17.9 Å². The van der Waals surface area contributed by atoms with Crippen LogP contribution in [0.5, 0.6) is 11.5 Å². The molecule has 1 N–H and O–H groups in total. The summed E-state index contributed by atoms with van der Waals surface area (Å²) in [4.78, 5) is 10.7. The van der Waals surface area contributed by atoms with Crippen LogP contribution in [0, 0.1) is 11.3 Å². The number of hydrogen-bond acceptors (Lipinski definition) is 5. The van der Waals surface area contributed by atoms with Crippen molar-refractivity contribution in [2.75, 3.05) is 13.7 Å². The van der Waals surface area contributed by atoms with Crippen molar-refractivity contribution in [3.63, 3.8) is 0 Å². The Balaban J connectivity index is 2.71. The number of nitrogens with zero attached hydrogens (tertiary/aromatic N) is 1. The number of methoxy groups -OCH3 is 1. The van der Waals surface area contributed by atoms with E-state index in [0.717, 1.165) is 0 Å². The van der Waals surface area contributed by atoms with Crippen molar-refractivity contribution < 1.29 is 19.4 Å². The molecule has 0 saturated carbocycles. The predicted molar refractivity (Wildman–Crippen MR) is 50.3 cm³/mol. The molecule has 0 bridgehead atoms. The lowest BCUT2D eigenvalue weighted by Crippen LogP contribution is -2.12. The summed E-state index contributed by atoms with van der Waals surface area (Å²) in [5, 5.41) is 17.8. The predicted octanol–water partition coefficient (Wildman–Crippen LogP) is 0.816. The Kier molecular flexibility index (Phi) is 3.52. The van der Waals surface area contributed by atoms with Crippen molar-refractivity contribution in [1.82, 2.24) is 0 Å². The molecule has 0 radical (unpaired) electrons. The molecular formula is C10H9NO4. The Labute approximate surface area is 86.5 Å². The fourth-order valence-corrected chi connectivity index (χ4v) is 0.896. The van der Waals surface area contributed by atoms with Gasteiger partial charge in [-0.15, -0.1) is 0 Å². The molecule has 0 unspecified atom stereocenters. The zero-order chi connectivity index (χ0) is 11.3. The van der Waals surface area contributed by atoms with Gasteiger partial charge in [0.25, 0.3) is 0 Å². The van der Waals surface area contributed by atoms with E-state index in [1.807, 2.05) is 0 Å². The van der Waals surface area contributed by atoms with Gasteiger partial charge < -0.3 is 14.6 Å². The highest BCUT2D eigenvalue weighted by Gasteiger charge is 2.05. The Hall–Kier alpha value is -2.22. The zero-order valence-electron chi connectivity index (χ0n) is 8.06. The van der Waals surface area contributed by atoms with Gasteiger partial charge in [-0.2, -0.15) is 5.26 Å². The molecule has 0 aromatic heterocycles. The molecule has 0 spiro atoms. The van der Waals surface area contributed by atoms with E-state index >= 15 is 0 Å². The lowest BCUT2D eigenvalue weighted by molar-refractivity contribution is -0.142. The van der Waals surface area contributed by atoms with Crippen molar-refractivity contribution in [3.05, 3.63) is 23.8 Å². The second-order valence-electron chi connectivity index (χ2n) is 2.66. The lowest BCUT2D eigenvalue weighted by Gasteiger charge is -2.05. The zero-order valence-corrected chi connectivity index (χ0v) is 8.06. The first-order valence-corrected chi connectivity index (χ1v) is 4.10. The number of carbonyl (C=O) groups excluding carboxylic acids is 1. The quantitative estimate of drug-likeness (QED) is 0.742. The molecule has 78 valence electrons. The fourth-order valence-electron chi connectivity index (χ4n) is 0.896. The van der Waals surface area contributed by atoms with Crippen LogP contribution in [0.25, 0.3) is 0 Å². The standard InChI is InChI=1S/C10H9NO4/c1-14-10(13)6-15-8-2-3-9(12)7(4-8)5-11/h2-4,12H,6H2,1H3. The minimum Gasteiger partial charge on any atom is -0.507 e. The summed E-state index contributed by atoms with van der Waals surface area (Å²) < 4.78 is 9.39. The summed E-state index contributed by atoms with van der Waals surface area (Å²) >= 11 is 0. The van der Waals surface area contributed by atoms with Gasteiger partial charge in [0.05, 0.1) is 12.7 Å². The van der Waals surface area contributed by atoms with E-state index in [2.05, 4.69) is 4.74 Å². The minimum atomic E-state index is -0.512. The van der Waals surface area contributed by atoms with Crippen LogP contribution in [-0.4, -0.2) is 24.8 Å². The van der Waals surface area contributed by atoms with E-state index in [9.17, 15) is 9.90 Å². The van der Waals surface area contributed by atoms with Crippen molar-refractivity contribution in [2.45, 2.75) is 0 Å². The van der Waals surface area contributed by atoms with Gasteiger partial charge in [0, 0.05) is 6.07 Å². The summed E-state index contributed by atoms with van der Waals surface area (Å²) in [6.07, 6.45) is 0. The number of hydrogen-bond donors (Lipinski definition) is 1. The third kappa shape index (κ3) is 2.88. The van der Waals surface area contributed by atoms with E-state index in [4.69, 9.17) is 10.00 Å². The SMILES string of the molecule is COC(=O)COc1ccc(O)c(C#N)c1. The number of phenolic OH excluding ortho intramolecular Hbond substituents is 1. The van der Waals surface area contributed by atoms with Crippen LogP contribution < -0.4 is 4.74 Å². The maximum absolute atomic E-state index is 10.7. The molecule has 1 aromatic carbocycles. The Morgan fingerprint density at radius 1 is 1.60 bits per heavy atom. The van der Waals surface area contributed by atoms with Crippen LogP contribution in [0.2, 0.25) is 0 Å². The molecule has 0 aliphatic heterocycles. The number of nitriles is 1. The minimum absolute atomic E-state index is 0.0948. The molecule has 1 rings (SSSR count). The van der Waals surface area contributed by atoms with Crippen LogP contribution >= 0.6 is 0 Å². The Morgan fingerprint density at radius 2 is 2.33 bits per heavy atom. The number of esters is 1. The van der Waals surface area contributed by atoms with Crippen LogP contribution in [-0.2, 0) is 9.53 Å². The molecule has 0 amide bonds. The van der Waals surface area contributed by atoms with Crippen LogP contribution in [0.3, 0.4) is 0 Å². The number of benzene rings is 1. The Bertz CT molecular complexity index is 408. The van der Waals surface area contributed by atoms with E-state index in [1.165, 1.54) is 25.3 Å². The van der Waals surface area contributed by atoms with Crippen molar-refractivity contribution >= 4 is 5.97 Å². The smallest absolute Gasteiger partial charge is 0.343 e. The molecule has 0 fully saturated rings. The van der Waals surface area contributed by atoms with Crippen LogP contribution in [0.15, 0.2) is 18.2 Å². The third-order valence-corrected chi connectivity index (χ3v) is 1.67. The number of phenols is 1. The van der Waals surface area contributed by atoms with Gasteiger partial charge in [-0.1, -0.05) is 0 Å². The molecule has 0 aliphatic carbocycles. The molecule has 0 atom stereocenters. The maximum atomic E-state index is 10.7. The first kappa shape index (κ1) is 10.9. The molecule has 0 saturated heterocycles. The van der Waals surface area contributed by atoms with Crippen LogP contribution in [0.4, 0.5) is 0 Å². The summed E-state index contributed by atoms with van der Waals surface area (Å²) in [7, 11) is 1.25. The molecular weight excluding hydrogens is 198 g/mol. The first-order chi connectivity index (χ1) is 7.17. The lowest BCUT2D eigenvalue weighted by atomic mass is 10.2. The second kappa shape index (κ2) is 4.86. The van der Waals surface area contributed by atoms with Crippen molar-refractivity contribution in [1.29, 1.82) is 5.26 Å². The topological polar surface area (TPSA) is 79.6 Å². The van der Waals surface area contributed by atoms with E-state index < -0.39 is 5.97 Å². The number of aromatic hydroxyl groups is 1. The molecule has 5 nitrogen and oxygen atoms in total. The molecule has 0 aliphatic rings. The summed E-state index contributed by atoms with van der Waals surface area (Å²) in [6.45, 7) is -0.230. The highest BCUT2D eigenvalue weighted by Crippen LogP contribution is 2.21. The first-order valence-electron chi connectivity index (χ1n) is 4.10. The van der Waals surface area contributed by atoms with Crippen molar-refractivity contribution in [2.24, 2.45) is 0 Å². The van der Waals surface area contributed by atoms with Gasteiger partial charge >= 0.3 is 5.97 Å². The molecule has 1 aromatic rings. The summed E-state index contributed by atoms with van der Waals surface area (Å²) in [5.74, 6) is -0.306. The summed E-state index contributed by atoms with van der Waals surface area (Å²) in [6, 6.07) is 5.92. The number of ether oxygens (including phenoxy) is 2. The van der Waals surface area contributed by atoms with Gasteiger partial charge in [-0.25, -0.2) is 4.79 Å². The number of carbonyl (C=O) groups is 1. The highest BCUT2D eigenvalue weighted by molar-refractivity contribution is 5.70. The Morgan fingerprint density at radius 3 is 2.93 bits per heavy atom. The van der Waals surface area contributed by atoms with Gasteiger partial charge in [0.15, 0.2) is 6.61 Å². The van der Waals surface area contributed by atoms with Crippen molar-refractivity contribution in [3.8, 4) is 17.6 Å². The normalized spacial score (nSPS) is 9.07. The molecule has 15 heavy (non-hydrogen) atoms. The average molecular weight is 207 g/mol. The van der Waals surface area contributed by atoms with Gasteiger partial charge in [0.2, 0.25) is 0 Å². The average Bonchev–Trinajstić information content (AvgIpc) is 2.27. The largest absolute Gasteiger partial charge is 0.507 e. The summed E-state index contributed by atoms with van der Waals surface area (Å²) in [5.41, 5.74) is 0.0948. The number of rotatable bonds is 3.